The lowest BCUT2D eigenvalue weighted by Gasteiger charge is -2.15. The highest BCUT2D eigenvalue weighted by molar-refractivity contribution is 5.88. The summed E-state index contributed by atoms with van der Waals surface area (Å²) in [5.41, 5.74) is 1.20. The third kappa shape index (κ3) is 17.3. The van der Waals surface area contributed by atoms with E-state index in [9.17, 15) is 0 Å². The van der Waals surface area contributed by atoms with Gasteiger partial charge in [-0.1, -0.05) is 53.9 Å². The summed E-state index contributed by atoms with van der Waals surface area (Å²) in [7, 11) is 1.75. The van der Waals surface area contributed by atoms with E-state index in [-0.39, 0.29) is 0 Å². The van der Waals surface area contributed by atoms with Crippen molar-refractivity contribution in [1.29, 1.82) is 0 Å². The number of rotatable bonds is 8. The third-order valence-electron chi connectivity index (χ3n) is 3.13. The van der Waals surface area contributed by atoms with E-state index in [4.69, 9.17) is 0 Å². The van der Waals surface area contributed by atoms with Crippen molar-refractivity contribution < 1.29 is 0 Å². The first kappa shape index (κ1) is 20.7. The van der Waals surface area contributed by atoms with Crippen LogP contribution in [-0.4, -0.2) is 19.1 Å². The molecular weight excluding hydrogens is 232 g/mol. The predicted molar refractivity (Wildman–Crippen MR) is 90.6 cm³/mol. The predicted octanol–water partition coefficient (Wildman–Crippen LogP) is 5.76. The van der Waals surface area contributed by atoms with Gasteiger partial charge in [0.1, 0.15) is 6.34 Å². The van der Waals surface area contributed by atoms with Crippen molar-refractivity contribution in [1.82, 2.24) is 0 Å². The summed E-state index contributed by atoms with van der Waals surface area (Å²) in [6.07, 6.45) is 9.24. The Morgan fingerprint density at radius 2 is 1.68 bits per heavy atom. The largest absolute Gasteiger partial charge is 0.277 e. The summed E-state index contributed by atoms with van der Waals surface area (Å²) in [6.45, 7) is 13.3. The normalized spacial score (nSPS) is 15.0. The van der Waals surface area contributed by atoms with Crippen molar-refractivity contribution >= 4 is 12.1 Å². The average molecular weight is 268 g/mol. The molecule has 0 aromatic carbocycles. The lowest BCUT2D eigenvalue weighted by Crippen LogP contribution is -2.03. The quantitative estimate of drug-likeness (QED) is 0.395. The summed E-state index contributed by atoms with van der Waals surface area (Å²) in [6, 6.07) is 0. The van der Waals surface area contributed by atoms with Crippen molar-refractivity contribution in [3.63, 3.8) is 0 Å². The van der Waals surface area contributed by atoms with Gasteiger partial charge >= 0.3 is 0 Å². The molecule has 0 amide bonds. The minimum absolute atomic E-state index is 0.850. The van der Waals surface area contributed by atoms with Gasteiger partial charge in [0, 0.05) is 12.8 Å². The van der Waals surface area contributed by atoms with Crippen molar-refractivity contribution in [3.8, 4) is 0 Å². The van der Waals surface area contributed by atoms with Gasteiger partial charge in [-0.2, -0.15) is 0 Å². The highest BCUT2D eigenvalue weighted by Gasteiger charge is 2.06. The van der Waals surface area contributed by atoms with Crippen LogP contribution in [0, 0.1) is 11.8 Å². The van der Waals surface area contributed by atoms with Gasteiger partial charge in [-0.05, 0) is 38.0 Å². The van der Waals surface area contributed by atoms with E-state index < -0.39 is 0 Å². The van der Waals surface area contributed by atoms with E-state index >= 15 is 0 Å². The minimum Gasteiger partial charge on any atom is -0.277 e. The van der Waals surface area contributed by atoms with Gasteiger partial charge in [0.15, 0.2) is 0 Å². The molecule has 0 N–H and O–H groups in total. The van der Waals surface area contributed by atoms with Gasteiger partial charge in [0.05, 0.1) is 0 Å². The maximum absolute atomic E-state index is 4.24. The highest BCUT2D eigenvalue weighted by Crippen LogP contribution is 2.19. The van der Waals surface area contributed by atoms with Crippen molar-refractivity contribution in [3.05, 3.63) is 0 Å². The Morgan fingerprint density at radius 1 is 1.11 bits per heavy atom. The fourth-order valence-corrected chi connectivity index (χ4v) is 1.90. The number of aliphatic imine (C=N–C) groups is 2. The number of nitrogens with zero attached hydrogens (tertiary/aromatic N) is 2. The summed E-state index contributed by atoms with van der Waals surface area (Å²) in [5.74, 6) is 1.72. The van der Waals surface area contributed by atoms with E-state index in [1.54, 1.807) is 13.4 Å². The topological polar surface area (TPSA) is 24.7 Å². The molecule has 0 aliphatic rings. The molecule has 0 saturated heterocycles. The van der Waals surface area contributed by atoms with Gasteiger partial charge in [0.2, 0.25) is 0 Å². The van der Waals surface area contributed by atoms with E-state index in [0.29, 0.717) is 0 Å². The Bertz CT molecular complexity index is 231. The summed E-state index contributed by atoms with van der Waals surface area (Å²) >= 11 is 0. The molecule has 0 aromatic rings. The van der Waals surface area contributed by atoms with Gasteiger partial charge in [-0.3, -0.25) is 4.99 Å². The zero-order valence-electron chi connectivity index (χ0n) is 14.4. The second kappa shape index (κ2) is 15.4. The lowest BCUT2D eigenvalue weighted by molar-refractivity contribution is 0.382. The maximum atomic E-state index is 4.24. The lowest BCUT2D eigenvalue weighted by atomic mass is 9.91. The van der Waals surface area contributed by atoms with Crippen LogP contribution in [0.4, 0.5) is 0 Å². The van der Waals surface area contributed by atoms with E-state index in [0.717, 1.165) is 18.3 Å². The fraction of sp³-hybridized carbons (Fsp3) is 0.882. The van der Waals surface area contributed by atoms with E-state index in [1.165, 1.54) is 37.8 Å². The first-order valence-corrected chi connectivity index (χ1v) is 7.95. The Hall–Kier alpha value is -0.660. The number of hydrogen-bond donors (Lipinski definition) is 0. The standard InChI is InChI=1S/C14H28N2.C3H8/c1-6-12(2)10-13(3)8-7-9-14(4)16-11-15-5;1-3-2/h11-13H,6-10H2,1-5H3;3H2,1-2H3. The third-order valence-corrected chi connectivity index (χ3v) is 3.13. The molecule has 0 radical (unpaired) electrons. The molecule has 0 aliphatic heterocycles. The highest BCUT2D eigenvalue weighted by atomic mass is 14.8. The van der Waals surface area contributed by atoms with Gasteiger partial charge in [-0.25, -0.2) is 4.99 Å². The minimum atomic E-state index is 0.850. The molecule has 0 rings (SSSR count). The maximum Gasteiger partial charge on any atom is 0.109 e. The molecule has 2 unspecified atom stereocenters. The SMILES string of the molecule is CCC.CCC(C)CC(C)CCCC(C)=NC=NC. The molecule has 0 heterocycles. The molecule has 0 saturated carbocycles. The molecular formula is C17H36N2. The smallest absolute Gasteiger partial charge is 0.109 e. The average Bonchev–Trinajstić information content (AvgIpc) is 2.37. The molecule has 19 heavy (non-hydrogen) atoms. The molecule has 0 bridgehead atoms. The first-order valence-electron chi connectivity index (χ1n) is 7.95. The van der Waals surface area contributed by atoms with Crippen LogP contribution in [0.5, 0.6) is 0 Å². The summed E-state index contributed by atoms with van der Waals surface area (Å²) < 4.78 is 0. The molecule has 0 fully saturated rings. The zero-order valence-corrected chi connectivity index (χ0v) is 14.4. The summed E-state index contributed by atoms with van der Waals surface area (Å²) in [4.78, 5) is 8.10. The Kier molecular flexibility index (Phi) is 16.7. The van der Waals surface area contributed by atoms with Crippen molar-refractivity contribution in [2.45, 2.75) is 80.1 Å². The second-order valence-corrected chi connectivity index (χ2v) is 5.69. The Balaban J connectivity index is 0. The molecule has 0 aromatic heterocycles. The van der Waals surface area contributed by atoms with E-state index in [2.05, 4.69) is 51.5 Å². The van der Waals surface area contributed by atoms with Crippen LogP contribution in [0.1, 0.15) is 80.1 Å². The fourth-order valence-electron chi connectivity index (χ4n) is 1.90. The zero-order chi connectivity index (χ0) is 15.1. The van der Waals surface area contributed by atoms with Crippen LogP contribution in [-0.2, 0) is 0 Å². The molecule has 2 atom stereocenters. The van der Waals surface area contributed by atoms with Crippen LogP contribution in [0.3, 0.4) is 0 Å². The van der Waals surface area contributed by atoms with E-state index in [1.807, 2.05) is 0 Å². The molecule has 2 heteroatoms. The monoisotopic (exact) mass is 268 g/mol. The van der Waals surface area contributed by atoms with Crippen LogP contribution in [0.25, 0.3) is 0 Å². The van der Waals surface area contributed by atoms with Crippen LogP contribution >= 0.6 is 0 Å². The summed E-state index contributed by atoms with van der Waals surface area (Å²) in [5, 5.41) is 0. The molecule has 2 nitrogen and oxygen atoms in total. The second-order valence-electron chi connectivity index (χ2n) is 5.69. The van der Waals surface area contributed by atoms with Gasteiger partial charge < -0.3 is 0 Å². The molecule has 114 valence electrons. The van der Waals surface area contributed by atoms with Gasteiger partial charge in [0.25, 0.3) is 0 Å². The number of hydrogen-bond acceptors (Lipinski definition) is 1. The van der Waals surface area contributed by atoms with Crippen LogP contribution in [0.2, 0.25) is 0 Å². The van der Waals surface area contributed by atoms with Crippen LogP contribution < -0.4 is 0 Å². The van der Waals surface area contributed by atoms with Gasteiger partial charge in [-0.15, -0.1) is 0 Å². The molecule has 0 aliphatic carbocycles. The first-order chi connectivity index (χ1) is 9.01. The van der Waals surface area contributed by atoms with Crippen molar-refractivity contribution in [2.24, 2.45) is 21.8 Å². The molecule has 0 spiro atoms. The Labute approximate surface area is 121 Å². The van der Waals surface area contributed by atoms with Crippen LogP contribution in [0.15, 0.2) is 9.98 Å². The Morgan fingerprint density at radius 3 is 2.16 bits per heavy atom. The van der Waals surface area contributed by atoms with Crippen molar-refractivity contribution in [2.75, 3.05) is 7.05 Å².